The predicted octanol–water partition coefficient (Wildman–Crippen LogP) is 4.05. The van der Waals surface area contributed by atoms with Crippen molar-refractivity contribution < 1.29 is 9.53 Å². The van der Waals surface area contributed by atoms with Gasteiger partial charge in [-0.15, -0.1) is 5.10 Å². The van der Waals surface area contributed by atoms with E-state index in [1.807, 2.05) is 64.1 Å². The summed E-state index contributed by atoms with van der Waals surface area (Å²) in [5.41, 5.74) is 2.96. The van der Waals surface area contributed by atoms with Crippen LogP contribution in [0.25, 0.3) is 16.9 Å². The van der Waals surface area contributed by atoms with Crippen LogP contribution in [0.4, 0.5) is 10.6 Å². The summed E-state index contributed by atoms with van der Waals surface area (Å²) in [5, 5.41) is 7.14. The van der Waals surface area contributed by atoms with Gasteiger partial charge >= 0.3 is 6.09 Å². The topological polar surface area (TPSA) is 68.5 Å². The lowest BCUT2D eigenvalue weighted by molar-refractivity contribution is 0.0635. The molecule has 0 fully saturated rings. The number of carbonyl (C=O) groups excluding carboxylic acids is 1. The molecule has 3 aromatic rings. The minimum atomic E-state index is -0.561. The number of nitrogens with zero attached hydrogens (tertiary/aromatic N) is 3. The van der Waals surface area contributed by atoms with Crippen LogP contribution >= 0.6 is 0 Å². The van der Waals surface area contributed by atoms with Crippen LogP contribution in [-0.2, 0) is 4.74 Å². The quantitative estimate of drug-likeness (QED) is 0.772. The Labute approximate surface area is 140 Å². The van der Waals surface area contributed by atoms with E-state index in [2.05, 4.69) is 15.4 Å². The Kier molecular flexibility index (Phi) is 3.97. The molecule has 0 radical (unpaired) electrons. The molecule has 24 heavy (non-hydrogen) atoms. The van der Waals surface area contributed by atoms with Crippen molar-refractivity contribution >= 4 is 17.6 Å². The molecule has 3 rings (SSSR count). The third-order valence-electron chi connectivity index (χ3n) is 3.33. The number of anilines is 1. The zero-order chi connectivity index (χ0) is 17.3. The van der Waals surface area contributed by atoms with E-state index < -0.39 is 11.7 Å². The second-order valence-electron chi connectivity index (χ2n) is 6.53. The molecule has 2 heterocycles. The van der Waals surface area contributed by atoms with Gasteiger partial charge in [-0.1, -0.05) is 30.3 Å². The predicted molar refractivity (Wildman–Crippen MR) is 93.0 cm³/mol. The fraction of sp³-hybridized carbons (Fsp3) is 0.278. The summed E-state index contributed by atoms with van der Waals surface area (Å²) in [6, 6.07) is 13.4. The molecule has 0 aliphatic heterocycles. The number of nitrogens with one attached hydrogen (secondary N) is 1. The maximum atomic E-state index is 11.9. The second-order valence-corrected chi connectivity index (χ2v) is 6.53. The number of hydrogen-bond acceptors (Lipinski definition) is 4. The number of carbonyl (C=O) groups is 1. The summed E-state index contributed by atoms with van der Waals surface area (Å²) < 4.78 is 6.99. The van der Waals surface area contributed by atoms with Gasteiger partial charge in [0.05, 0.1) is 11.4 Å². The molecule has 0 saturated heterocycles. The summed E-state index contributed by atoms with van der Waals surface area (Å²) in [5.74, 6) is 0.409. The number of imidazole rings is 1. The SMILES string of the molecule is Cc1nc2ccc(NC(=O)OC(C)(C)C)nn2c1-c1ccccc1. The minimum Gasteiger partial charge on any atom is -0.444 e. The van der Waals surface area contributed by atoms with Crippen molar-refractivity contribution in [3.05, 3.63) is 48.2 Å². The first-order chi connectivity index (χ1) is 11.3. The van der Waals surface area contributed by atoms with Crippen molar-refractivity contribution in [2.75, 3.05) is 5.32 Å². The summed E-state index contributed by atoms with van der Waals surface area (Å²) in [6.07, 6.45) is -0.535. The van der Waals surface area contributed by atoms with Crippen LogP contribution in [0.3, 0.4) is 0 Å². The smallest absolute Gasteiger partial charge is 0.413 e. The molecule has 124 valence electrons. The zero-order valence-electron chi connectivity index (χ0n) is 14.2. The normalized spacial score (nSPS) is 11.5. The maximum absolute atomic E-state index is 11.9. The van der Waals surface area contributed by atoms with Gasteiger partial charge in [0.15, 0.2) is 11.5 Å². The van der Waals surface area contributed by atoms with Crippen molar-refractivity contribution in [1.82, 2.24) is 14.6 Å². The van der Waals surface area contributed by atoms with E-state index in [9.17, 15) is 4.79 Å². The van der Waals surface area contributed by atoms with Gasteiger partial charge in [0.1, 0.15) is 5.60 Å². The molecule has 1 amide bonds. The van der Waals surface area contributed by atoms with E-state index in [-0.39, 0.29) is 0 Å². The van der Waals surface area contributed by atoms with Gasteiger partial charge in [-0.3, -0.25) is 5.32 Å². The molecule has 0 saturated carbocycles. The van der Waals surface area contributed by atoms with Gasteiger partial charge in [0.25, 0.3) is 0 Å². The van der Waals surface area contributed by atoms with E-state index in [0.717, 1.165) is 22.6 Å². The highest BCUT2D eigenvalue weighted by Crippen LogP contribution is 2.24. The molecule has 0 spiro atoms. The number of ether oxygens (including phenoxy) is 1. The molecule has 0 atom stereocenters. The van der Waals surface area contributed by atoms with Crippen LogP contribution in [0.5, 0.6) is 0 Å². The zero-order valence-corrected chi connectivity index (χ0v) is 14.2. The van der Waals surface area contributed by atoms with Gasteiger partial charge in [-0.2, -0.15) is 0 Å². The number of benzene rings is 1. The minimum absolute atomic E-state index is 0.409. The van der Waals surface area contributed by atoms with Crippen molar-refractivity contribution in [3.8, 4) is 11.3 Å². The van der Waals surface area contributed by atoms with Gasteiger partial charge in [0.2, 0.25) is 0 Å². The highest BCUT2D eigenvalue weighted by Gasteiger charge is 2.17. The maximum Gasteiger partial charge on any atom is 0.413 e. The Morgan fingerprint density at radius 3 is 2.50 bits per heavy atom. The molecule has 1 N–H and O–H groups in total. The van der Waals surface area contributed by atoms with Crippen LogP contribution in [0, 0.1) is 6.92 Å². The van der Waals surface area contributed by atoms with Crippen LogP contribution in [-0.4, -0.2) is 26.3 Å². The van der Waals surface area contributed by atoms with Crippen LogP contribution in [0.1, 0.15) is 26.5 Å². The van der Waals surface area contributed by atoms with Crippen molar-refractivity contribution in [2.45, 2.75) is 33.3 Å². The first-order valence-electron chi connectivity index (χ1n) is 7.75. The van der Waals surface area contributed by atoms with Gasteiger partial charge in [0, 0.05) is 5.56 Å². The molecule has 0 aliphatic rings. The number of rotatable bonds is 2. The lowest BCUT2D eigenvalue weighted by Gasteiger charge is -2.19. The van der Waals surface area contributed by atoms with E-state index in [4.69, 9.17) is 4.74 Å². The Morgan fingerprint density at radius 2 is 1.83 bits per heavy atom. The number of fused-ring (bicyclic) bond motifs is 1. The van der Waals surface area contributed by atoms with Crippen molar-refractivity contribution in [1.29, 1.82) is 0 Å². The third kappa shape index (κ3) is 3.37. The first-order valence-corrected chi connectivity index (χ1v) is 7.75. The van der Waals surface area contributed by atoms with Gasteiger partial charge < -0.3 is 4.74 Å². The average Bonchev–Trinajstić information content (AvgIpc) is 2.81. The molecule has 0 bridgehead atoms. The average molecular weight is 324 g/mol. The van der Waals surface area contributed by atoms with Gasteiger partial charge in [-0.05, 0) is 39.8 Å². The summed E-state index contributed by atoms with van der Waals surface area (Å²) in [7, 11) is 0. The molecular formula is C18H20N4O2. The molecule has 0 aliphatic carbocycles. The Bertz CT molecular complexity index is 879. The lowest BCUT2D eigenvalue weighted by Crippen LogP contribution is -2.27. The van der Waals surface area contributed by atoms with Crippen LogP contribution in [0.2, 0.25) is 0 Å². The molecular weight excluding hydrogens is 304 g/mol. The molecule has 1 aromatic carbocycles. The van der Waals surface area contributed by atoms with Crippen molar-refractivity contribution in [3.63, 3.8) is 0 Å². The summed E-state index contributed by atoms with van der Waals surface area (Å²) in [6.45, 7) is 7.39. The van der Waals surface area contributed by atoms with Crippen molar-refractivity contribution in [2.24, 2.45) is 0 Å². The lowest BCUT2D eigenvalue weighted by atomic mass is 10.1. The van der Waals surface area contributed by atoms with Crippen LogP contribution < -0.4 is 5.32 Å². The number of aromatic nitrogens is 3. The molecule has 6 nitrogen and oxygen atoms in total. The van der Waals surface area contributed by atoms with E-state index in [1.165, 1.54) is 0 Å². The van der Waals surface area contributed by atoms with E-state index in [1.54, 1.807) is 10.6 Å². The van der Waals surface area contributed by atoms with Crippen LogP contribution in [0.15, 0.2) is 42.5 Å². The number of hydrogen-bond donors (Lipinski definition) is 1. The Hall–Kier alpha value is -2.89. The second kappa shape index (κ2) is 5.96. The fourth-order valence-corrected chi connectivity index (χ4v) is 2.45. The standard InChI is InChI=1S/C18H20N4O2/c1-12-16(13-8-6-5-7-9-13)22-15(19-12)11-10-14(21-22)20-17(23)24-18(2,3)4/h5-11H,1-4H3,(H,20,21,23). The monoisotopic (exact) mass is 324 g/mol. The van der Waals surface area contributed by atoms with E-state index in [0.29, 0.717) is 5.82 Å². The first kappa shape index (κ1) is 16.0. The largest absolute Gasteiger partial charge is 0.444 e. The number of aryl methyl sites for hydroxylation is 1. The van der Waals surface area contributed by atoms with E-state index >= 15 is 0 Å². The molecule has 2 aromatic heterocycles. The third-order valence-corrected chi connectivity index (χ3v) is 3.33. The van der Waals surface area contributed by atoms with Gasteiger partial charge in [-0.25, -0.2) is 14.3 Å². The number of amides is 1. The highest BCUT2D eigenvalue weighted by atomic mass is 16.6. The molecule has 0 unspecified atom stereocenters. The summed E-state index contributed by atoms with van der Waals surface area (Å²) >= 11 is 0. The highest BCUT2D eigenvalue weighted by molar-refractivity contribution is 5.83. The Morgan fingerprint density at radius 1 is 1.12 bits per heavy atom. The Balaban J connectivity index is 1.97. The summed E-state index contributed by atoms with van der Waals surface area (Å²) in [4.78, 5) is 16.5. The molecule has 6 heteroatoms. The fourth-order valence-electron chi connectivity index (χ4n) is 2.45.